The Labute approximate surface area is 116 Å². The molecule has 0 saturated heterocycles. The topological polar surface area (TPSA) is 29.5 Å². The number of rotatable bonds is 2. The van der Waals surface area contributed by atoms with Gasteiger partial charge in [0.25, 0.3) is 0 Å². The lowest BCUT2D eigenvalue weighted by Gasteiger charge is -2.40. The van der Waals surface area contributed by atoms with Crippen LogP contribution in [-0.4, -0.2) is 18.3 Å². The van der Waals surface area contributed by atoms with Crippen LogP contribution in [-0.2, 0) is 16.5 Å². The van der Waals surface area contributed by atoms with E-state index in [0.717, 1.165) is 25.0 Å². The molecule has 0 spiro atoms. The summed E-state index contributed by atoms with van der Waals surface area (Å²) in [6.07, 6.45) is -1.70. The molecule has 1 aromatic carbocycles. The molecule has 1 aliphatic carbocycles. The highest BCUT2D eigenvalue weighted by Crippen LogP contribution is 2.41. The van der Waals surface area contributed by atoms with Crippen molar-refractivity contribution >= 4 is 0 Å². The summed E-state index contributed by atoms with van der Waals surface area (Å²) >= 11 is 0. The zero-order chi connectivity index (χ0) is 15.0. The molecule has 2 unspecified atom stereocenters. The molecule has 112 valence electrons. The molecule has 0 radical (unpaired) electrons. The van der Waals surface area contributed by atoms with Crippen molar-refractivity contribution in [3.8, 4) is 0 Å². The quantitative estimate of drug-likeness (QED) is 0.897. The average Bonchev–Trinajstić information content (AvgIpc) is 2.37. The van der Waals surface area contributed by atoms with Crippen LogP contribution in [0.2, 0.25) is 0 Å². The van der Waals surface area contributed by atoms with Crippen LogP contribution in [0, 0.1) is 6.92 Å². The van der Waals surface area contributed by atoms with Crippen molar-refractivity contribution in [2.75, 3.05) is 7.11 Å². The Balaban J connectivity index is 2.41. The molecule has 20 heavy (non-hydrogen) atoms. The van der Waals surface area contributed by atoms with Gasteiger partial charge in [-0.15, -0.1) is 0 Å². The van der Waals surface area contributed by atoms with Crippen molar-refractivity contribution in [1.82, 2.24) is 0 Å². The summed E-state index contributed by atoms with van der Waals surface area (Å²) in [5.74, 6) is 0. The van der Waals surface area contributed by atoms with E-state index in [1.165, 1.54) is 13.2 Å². The fourth-order valence-electron chi connectivity index (χ4n) is 3.07. The first-order valence-electron chi connectivity index (χ1n) is 6.72. The van der Waals surface area contributed by atoms with Gasteiger partial charge in [0, 0.05) is 7.11 Å². The summed E-state index contributed by atoms with van der Waals surface area (Å²) in [4.78, 5) is 0. The Morgan fingerprint density at radius 1 is 1.30 bits per heavy atom. The Morgan fingerprint density at radius 2 is 2.00 bits per heavy atom. The Hall–Kier alpha value is -1.07. The Bertz CT molecular complexity index is 484. The third kappa shape index (κ3) is 2.69. The first-order chi connectivity index (χ1) is 9.29. The average molecular weight is 288 g/mol. The Kier molecular flexibility index (Phi) is 4.12. The van der Waals surface area contributed by atoms with Crippen molar-refractivity contribution in [3.05, 3.63) is 34.9 Å². The maximum absolute atomic E-state index is 12.7. The molecule has 2 rings (SSSR count). The summed E-state index contributed by atoms with van der Waals surface area (Å²) in [5, 5.41) is 10.9. The number of methoxy groups -OCH3 is 1. The molecule has 2 nitrogen and oxygen atoms in total. The molecule has 1 aromatic rings. The SMILES string of the molecule is COC1CCCCC1(O)c1ccc(C(F)(F)F)cc1C. The lowest BCUT2D eigenvalue weighted by Crippen LogP contribution is -2.43. The van der Waals surface area contributed by atoms with Crippen LogP contribution in [0.25, 0.3) is 0 Å². The van der Waals surface area contributed by atoms with Gasteiger partial charge in [-0.3, -0.25) is 0 Å². The van der Waals surface area contributed by atoms with Crippen molar-refractivity contribution in [1.29, 1.82) is 0 Å². The van der Waals surface area contributed by atoms with Crippen LogP contribution in [0.3, 0.4) is 0 Å². The molecular formula is C15H19F3O2. The van der Waals surface area contributed by atoms with Crippen LogP contribution in [0.1, 0.15) is 42.4 Å². The number of hydrogen-bond acceptors (Lipinski definition) is 2. The van der Waals surface area contributed by atoms with Gasteiger partial charge in [0.15, 0.2) is 0 Å². The molecule has 5 heteroatoms. The molecule has 0 heterocycles. The zero-order valence-corrected chi connectivity index (χ0v) is 11.6. The highest BCUT2D eigenvalue weighted by Gasteiger charge is 2.42. The van der Waals surface area contributed by atoms with E-state index in [1.54, 1.807) is 6.92 Å². The number of halogens is 3. The molecule has 1 aliphatic rings. The van der Waals surface area contributed by atoms with Gasteiger partial charge in [0.1, 0.15) is 5.60 Å². The summed E-state index contributed by atoms with van der Waals surface area (Å²) in [6.45, 7) is 1.60. The molecular weight excluding hydrogens is 269 g/mol. The van der Waals surface area contributed by atoms with Gasteiger partial charge in [-0.25, -0.2) is 0 Å². The van der Waals surface area contributed by atoms with E-state index >= 15 is 0 Å². The van der Waals surface area contributed by atoms with E-state index in [0.29, 0.717) is 24.0 Å². The molecule has 0 amide bonds. The summed E-state index contributed by atoms with van der Waals surface area (Å²) in [6, 6.07) is 3.51. The molecule has 1 saturated carbocycles. The van der Waals surface area contributed by atoms with Crippen LogP contribution in [0.4, 0.5) is 13.2 Å². The predicted molar refractivity (Wildman–Crippen MR) is 69.3 cm³/mol. The molecule has 1 N–H and O–H groups in total. The van der Waals surface area contributed by atoms with E-state index in [2.05, 4.69) is 0 Å². The summed E-state index contributed by atoms with van der Waals surface area (Å²) in [7, 11) is 1.53. The molecule has 0 bridgehead atoms. The second-order valence-corrected chi connectivity index (χ2v) is 5.42. The normalized spacial score (nSPS) is 27.6. The summed E-state index contributed by atoms with van der Waals surface area (Å²) in [5.41, 5.74) is -0.892. The van der Waals surface area contributed by atoms with Crippen LogP contribution < -0.4 is 0 Å². The van der Waals surface area contributed by atoms with Crippen molar-refractivity contribution < 1.29 is 23.0 Å². The molecule has 0 aliphatic heterocycles. The fraction of sp³-hybridized carbons (Fsp3) is 0.600. The lowest BCUT2D eigenvalue weighted by atomic mass is 9.75. The van der Waals surface area contributed by atoms with Gasteiger partial charge in [0.2, 0.25) is 0 Å². The molecule has 2 atom stereocenters. The number of aryl methyl sites for hydroxylation is 1. The standard InChI is InChI=1S/C15H19F3O2/c1-10-9-11(15(16,17)18)6-7-12(10)14(19)8-4-3-5-13(14)20-2/h6-7,9,13,19H,3-5,8H2,1-2H3. The van der Waals surface area contributed by atoms with Crippen molar-refractivity contribution in [2.45, 2.75) is 50.5 Å². The van der Waals surface area contributed by atoms with Crippen molar-refractivity contribution in [2.24, 2.45) is 0 Å². The van der Waals surface area contributed by atoms with Gasteiger partial charge in [-0.2, -0.15) is 13.2 Å². The van der Waals surface area contributed by atoms with Gasteiger partial charge >= 0.3 is 6.18 Å². The number of benzene rings is 1. The minimum atomic E-state index is -4.36. The number of aliphatic hydroxyl groups is 1. The number of ether oxygens (including phenoxy) is 1. The third-order valence-corrected chi connectivity index (χ3v) is 4.11. The van der Waals surface area contributed by atoms with Gasteiger partial charge in [0.05, 0.1) is 11.7 Å². The zero-order valence-electron chi connectivity index (χ0n) is 11.6. The molecule has 0 aromatic heterocycles. The largest absolute Gasteiger partial charge is 0.416 e. The second kappa shape index (κ2) is 5.37. The van der Waals surface area contributed by atoms with Crippen LogP contribution in [0.5, 0.6) is 0 Å². The van der Waals surface area contributed by atoms with E-state index in [9.17, 15) is 18.3 Å². The fourth-order valence-corrected chi connectivity index (χ4v) is 3.07. The van der Waals surface area contributed by atoms with Crippen LogP contribution in [0.15, 0.2) is 18.2 Å². The van der Waals surface area contributed by atoms with E-state index in [4.69, 9.17) is 4.74 Å². The second-order valence-electron chi connectivity index (χ2n) is 5.42. The predicted octanol–water partition coefficient (Wildman–Crippen LogP) is 3.79. The highest BCUT2D eigenvalue weighted by atomic mass is 19.4. The monoisotopic (exact) mass is 288 g/mol. The first-order valence-corrected chi connectivity index (χ1v) is 6.72. The lowest BCUT2D eigenvalue weighted by molar-refractivity contribution is -0.138. The van der Waals surface area contributed by atoms with Crippen molar-refractivity contribution in [3.63, 3.8) is 0 Å². The third-order valence-electron chi connectivity index (χ3n) is 4.11. The smallest absolute Gasteiger partial charge is 0.382 e. The first kappa shape index (κ1) is 15.3. The van der Waals surface area contributed by atoms with E-state index < -0.39 is 17.3 Å². The minimum Gasteiger partial charge on any atom is -0.382 e. The van der Waals surface area contributed by atoms with Gasteiger partial charge < -0.3 is 9.84 Å². The summed E-state index contributed by atoms with van der Waals surface area (Å²) < 4.78 is 43.4. The van der Waals surface area contributed by atoms with Gasteiger partial charge in [-0.1, -0.05) is 18.9 Å². The minimum absolute atomic E-state index is 0.369. The molecule has 1 fully saturated rings. The number of hydrogen-bond donors (Lipinski definition) is 1. The number of alkyl halides is 3. The van der Waals surface area contributed by atoms with Crippen LogP contribution >= 0.6 is 0 Å². The maximum Gasteiger partial charge on any atom is 0.416 e. The van der Waals surface area contributed by atoms with E-state index in [-0.39, 0.29) is 6.10 Å². The Morgan fingerprint density at radius 3 is 2.55 bits per heavy atom. The highest BCUT2D eigenvalue weighted by molar-refractivity contribution is 5.37. The van der Waals surface area contributed by atoms with E-state index in [1.807, 2.05) is 0 Å². The maximum atomic E-state index is 12.7. The van der Waals surface area contributed by atoms with Gasteiger partial charge in [-0.05, 0) is 43.0 Å².